The van der Waals surface area contributed by atoms with Crippen LogP contribution in [0.25, 0.3) is 0 Å². The molecular formula is C6H11NO3S. The summed E-state index contributed by atoms with van der Waals surface area (Å²) in [7, 11) is 0. The van der Waals surface area contributed by atoms with E-state index in [0.717, 1.165) is 0 Å². The van der Waals surface area contributed by atoms with Crippen molar-refractivity contribution in [3.63, 3.8) is 0 Å². The second-order valence-corrected chi connectivity index (χ2v) is 2.52. The number of carboxylic acids is 1. The van der Waals surface area contributed by atoms with Crippen LogP contribution in [0.2, 0.25) is 0 Å². The molecule has 0 aromatic carbocycles. The third kappa shape index (κ3) is 3.87. The van der Waals surface area contributed by atoms with Crippen molar-refractivity contribution in [1.82, 2.24) is 5.32 Å². The maximum absolute atomic E-state index is 10.8. The van der Waals surface area contributed by atoms with Crippen LogP contribution in [-0.2, 0) is 9.59 Å². The fourth-order valence-electron chi connectivity index (χ4n) is 0.444. The van der Waals surface area contributed by atoms with E-state index in [4.69, 9.17) is 5.11 Å². The number of aliphatic carboxylic acids is 1. The van der Waals surface area contributed by atoms with Crippen LogP contribution in [0.5, 0.6) is 0 Å². The van der Waals surface area contributed by atoms with Gasteiger partial charge in [0.1, 0.15) is 5.92 Å². The molecule has 4 nitrogen and oxygen atoms in total. The highest BCUT2D eigenvalue weighted by atomic mass is 32.1. The van der Waals surface area contributed by atoms with Gasteiger partial charge in [-0.05, 0) is 6.92 Å². The minimum Gasteiger partial charge on any atom is -0.481 e. The Hall–Kier alpha value is -0.710. The zero-order valence-corrected chi connectivity index (χ0v) is 7.10. The van der Waals surface area contributed by atoms with Crippen molar-refractivity contribution in [3.05, 3.63) is 0 Å². The molecule has 64 valence electrons. The third-order valence-corrected chi connectivity index (χ3v) is 1.40. The summed E-state index contributed by atoms with van der Waals surface area (Å²) in [6.07, 6.45) is 0. The SMILES string of the molecule is CC(C(=O)O)C(=O)NCCS. The molecule has 0 spiro atoms. The normalized spacial score (nSPS) is 12.2. The lowest BCUT2D eigenvalue weighted by atomic mass is 10.2. The van der Waals surface area contributed by atoms with Gasteiger partial charge in [-0.2, -0.15) is 12.6 Å². The van der Waals surface area contributed by atoms with E-state index in [-0.39, 0.29) is 0 Å². The standard InChI is InChI=1S/C6H11NO3S/c1-4(6(9)10)5(8)7-2-3-11/h4,11H,2-3H2,1H3,(H,7,8)(H,9,10). The minimum atomic E-state index is -1.11. The van der Waals surface area contributed by atoms with E-state index in [1.807, 2.05) is 0 Å². The number of nitrogens with one attached hydrogen (secondary N) is 1. The second kappa shape index (κ2) is 5.01. The maximum Gasteiger partial charge on any atom is 0.315 e. The van der Waals surface area contributed by atoms with E-state index in [0.29, 0.717) is 12.3 Å². The molecule has 0 aliphatic heterocycles. The first-order valence-electron chi connectivity index (χ1n) is 3.21. The van der Waals surface area contributed by atoms with Crippen molar-refractivity contribution >= 4 is 24.5 Å². The largest absolute Gasteiger partial charge is 0.481 e. The fraction of sp³-hybridized carbons (Fsp3) is 0.667. The van der Waals surface area contributed by atoms with Crippen molar-refractivity contribution < 1.29 is 14.7 Å². The molecule has 0 aromatic heterocycles. The van der Waals surface area contributed by atoms with Gasteiger partial charge < -0.3 is 10.4 Å². The van der Waals surface area contributed by atoms with Gasteiger partial charge in [0.05, 0.1) is 0 Å². The molecule has 1 amide bonds. The monoisotopic (exact) mass is 177 g/mol. The van der Waals surface area contributed by atoms with Crippen molar-refractivity contribution in [2.45, 2.75) is 6.92 Å². The first-order chi connectivity index (χ1) is 5.09. The van der Waals surface area contributed by atoms with Gasteiger partial charge in [-0.3, -0.25) is 9.59 Å². The summed E-state index contributed by atoms with van der Waals surface area (Å²) in [5.41, 5.74) is 0. The Morgan fingerprint density at radius 3 is 2.55 bits per heavy atom. The van der Waals surface area contributed by atoms with E-state index in [1.54, 1.807) is 0 Å². The van der Waals surface area contributed by atoms with Gasteiger partial charge in [0, 0.05) is 12.3 Å². The molecule has 0 aliphatic carbocycles. The Labute approximate surface area is 70.4 Å². The van der Waals surface area contributed by atoms with E-state index < -0.39 is 17.8 Å². The molecule has 11 heavy (non-hydrogen) atoms. The topological polar surface area (TPSA) is 66.4 Å². The maximum atomic E-state index is 10.8. The highest BCUT2D eigenvalue weighted by molar-refractivity contribution is 7.80. The minimum absolute atomic E-state index is 0.402. The van der Waals surface area contributed by atoms with Crippen LogP contribution in [0, 0.1) is 5.92 Å². The Balaban J connectivity index is 3.74. The van der Waals surface area contributed by atoms with Crippen molar-refractivity contribution in [1.29, 1.82) is 0 Å². The molecule has 0 heterocycles. The molecule has 0 aliphatic rings. The second-order valence-electron chi connectivity index (χ2n) is 2.07. The highest BCUT2D eigenvalue weighted by Crippen LogP contribution is 1.93. The van der Waals surface area contributed by atoms with Crippen LogP contribution in [0.1, 0.15) is 6.92 Å². The molecule has 0 rings (SSSR count). The Kier molecular flexibility index (Phi) is 4.69. The molecule has 1 unspecified atom stereocenters. The van der Waals surface area contributed by atoms with Crippen molar-refractivity contribution in [2.24, 2.45) is 5.92 Å². The number of hydrogen-bond acceptors (Lipinski definition) is 3. The number of carbonyl (C=O) groups is 2. The van der Waals surface area contributed by atoms with Crippen LogP contribution in [0.3, 0.4) is 0 Å². The van der Waals surface area contributed by atoms with Crippen LogP contribution >= 0.6 is 12.6 Å². The third-order valence-electron chi connectivity index (χ3n) is 1.17. The summed E-state index contributed by atoms with van der Waals surface area (Å²) >= 11 is 3.85. The van der Waals surface area contributed by atoms with Gasteiger partial charge in [-0.25, -0.2) is 0 Å². The highest BCUT2D eigenvalue weighted by Gasteiger charge is 2.19. The van der Waals surface area contributed by atoms with Gasteiger partial charge in [0.15, 0.2) is 0 Å². The summed E-state index contributed by atoms with van der Waals surface area (Å²) in [5.74, 6) is -2.04. The number of thiol groups is 1. The molecule has 0 bridgehead atoms. The Morgan fingerprint density at radius 1 is 1.64 bits per heavy atom. The summed E-state index contributed by atoms with van der Waals surface area (Å²) in [6, 6.07) is 0. The first kappa shape index (κ1) is 10.3. The molecule has 0 aromatic rings. The predicted molar refractivity (Wildman–Crippen MR) is 43.7 cm³/mol. The molecular weight excluding hydrogens is 166 g/mol. The smallest absolute Gasteiger partial charge is 0.315 e. The average Bonchev–Trinajstić information content (AvgIpc) is 1.98. The quantitative estimate of drug-likeness (QED) is 0.410. The predicted octanol–water partition coefficient (Wildman–Crippen LogP) is -0.247. The number of carbonyl (C=O) groups excluding carboxylic acids is 1. The van der Waals surface area contributed by atoms with Gasteiger partial charge in [0.25, 0.3) is 0 Å². The first-order valence-corrected chi connectivity index (χ1v) is 3.84. The van der Waals surface area contributed by atoms with Gasteiger partial charge in [-0.15, -0.1) is 0 Å². The van der Waals surface area contributed by atoms with Gasteiger partial charge in [0.2, 0.25) is 5.91 Å². The van der Waals surface area contributed by atoms with Crippen molar-refractivity contribution in [2.75, 3.05) is 12.3 Å². The number of rotatable bonds is 4. The number of carboxylic acid groups (broad SMARTS) is 1. The summed E-state index contributed by atoms with van der Waals surface area (Å²) in [5, 5.41) is 10.8. The summed E-state index contributed by atoms with van der Waals surface area (Å²) in [6.45, 7) is 1.75. The lowest BCUT2D eigenvalue weighted by Crippen LogP contribution is -2.34. The van der Waals surface area contributed by atoms with E-state index >= 15 is 0 Å². The summed E-state index contributed by atoms with van der Waals surface area (Å²) < 4.78 is 0. The Bertz CT molecular complexity index is 160. The average molecular weight is 177 g/mol. The van der Waals surface area contributed by atoms with Crippen molar-refractivity contribution in [3.8, 4) is 0 Å². The van der Waals surface area contributed by atoms with Gasteiger partial charge >= 0.3 is 5.97 Å². The fourth-order valence-corrected chi connectivity index (χ4v) is 0.556. The molecule has 0 radical (unpaired) electrons. The van der Waals surface area contributed by atoms with E-state index in [1.165, 1.54) is 6.92 Å². The van der Waals surface area contributed by atoms with E-state index in [9.17, 15) is 9.59 Å². The molecule has 2 N–H and O–H groups in total. The van der Waals surface area contributed by atoms with Gasteiger partial charge in [-0.1, -0.05) is 0 Å². The Morgan fingerprint density at radius 2 is 2.18 bits per heavy atom. The molecule has 0 saturated heterocycles. The molecule has 5 heteroatoms. The van der Waals surface area contributed by atoms with Crippen LogP contribution in [-0.4, -0.2) is 29.3 Å². The van der Waals surface area contributed by atoms with E-state index in [2.05, 4.69) is 17.9 Å². The van der Waals surface area contributed by atoms with Crippen LogP contribution in [0.15, 0.2) is 0 Å². The molecule has 1 atom stereocenters. The van der Waals surface area contributed by atoms with Crippen LogP contribution < -0.4 is 5.32 Å². The zero-order chi connectivity index (χ0) is 8.85. The molecule has 0 fully saturated rings. The number of amides is 1. The summed E-state index contributed by atoms with van der Waals surface area (Å²) in [4.78, 5) is 21.0. The molecule has 0 saturated carbocycles. The lowest BCUT2D eigenvalue weighted by Gasteiger charge is -2.05. The van der Waals surface area contributed by atoms with Crippen LogP contribution in [0.4, 0.5) is 0 Å². The zero-order valence-electron chi connectivity index (χ0n) is 6.20. The lowest BCUT2D eigenvalue weighted by molar-refractivity contribution is -0.146. The number of hydrogen-bond donors (Lipinski definition) is 3.